The van der Waals surface area contributed by atoms with Gasteiger partial charge in [-0.15, -0.1) is 0 Å². The standard InChI is InChI=1S/C21H30N4O/c1-15-20(16(2)24(4)23-15)22-21(26)17(3)25-12-10-19(11-13-25)14-18-8-6-5-7-9-18/h5-9,17,19H,10-14H2,1-4H3,(H,22,26)/t17-/m1/s1. The molecular weight excluding hydrogens is 324 g/mol. The second kappa shape index (κ2) is 8.04. The lowest BCUT2D eigenvalue weighted by Crippen LogP contribution is -2.46. The van der Waals surface area contributed by atoms with Crippen LogP contribution in [0.2, 0.25) is 0 Å². The molecule has 1 aliphatic rings. The van der Waals surface area contributed by atoms with Gasteiger partial charge in [-0.3, -0.25) is 14.4 Å². The molecule has 0 aliphatic carbocycles. The number of hydrogen-bond acceptors (Lipinski definition) is 3. The van der Waals surface area contributed by atoms with Crippen LogP contribution in [0.3, 0.4) is 0 Å². The van der Waals surface area contributed by atoms with E-state index in [2.05, 4.69) is 45.6 Å². The summed E-state index contributed by atoms with van der Waals surface area (Å²) in [6, 6.07) is 10.6. The minimum atomic E-state index is -0.119. The van der Waals surface area contributed by atoms with Crippen LogP contribution in [0.15, 0.2) is 30.3 Å². The van der Waals surface area contributed by atoms with Gasteiger partial charge < -0.3 is 5.32 Å². The van der Waals surface area contributed by atoms with E-state index in [0.717, 1.165) is 49.4 Å². The number of hydrogen-bond donors (Lipinski definition) is 1. The highest BCUT2D eigenvalue weighted by Crippen LogP contribution is 2.24. The highest BCUT2D eigenvalue weighted by atomic mass is 16.2. The number of aromatic nitrogens is 2. The molecule has 1 saturated heterocycles. The predicted molar refractivity (Wildman–Crippen MR) is 105 cm³/mol. The maximum atomic E-state index is 12.7. The average molecular weight is 354 g/mol. The van der Waals surface area contributed by atoms with Crippen molar-refractivity contribution in [2.45, 2.75) is 46.1 Å². The summed E-state index contributed by atoms with van der Waals surface area (Å²) >= 11 is 0. The number of anilines is 1. The summed E-state index contributed by atoms with van der Waals surface area (Å²) in [5.74, 6) is 0.775. The van der Waals surface area contributed by atoms with Crippen molar-refractivity contribution in [2.24, 2.45) is 13.0 Å². The van der Waals surface area contributed by atoms with Crippen molar-refractivity contribution in [3.05, 3.63) is 47.3 Å². The van der Waals surface area contributed by atoms with Gasteiger partial charge >= 0.3 is 0 Å². The van der Waals surface area contributed by atoms with Crippen LogP contribution in [-0.4, -0.2) is 39.7 Å². The van der Waals surface area contributed by atoms with Gasteiger partial charge in [0.1, 0.15) is 0 Å². The molecule has 1 atom stereocenters. The summed E-state index contributed by atoms with van der Waals surface area (Å²) in [5, 5.41) is 7.46. The number of amides is 1. The number of carbonyl (C=O) groups excluding carboxylic acids is 1. The topological polar surface area (TPSA) is 50.2 Å². The van der Waals surface area contributed by atoms with Crippen LogP contribution in [0.1, 0.15) is 36.7 Å². The van der Waals surface area contributed by atoms with Crippen LogP contribution in [0.25, 0.3) is 0 Å². The number of nitrogens with zero attached hydrogens (tertiary/aromatic N) is 3. The minimum absolute atomic E-state index is 0.0608. The molecule has 1 fully saturated rings. The maximum Gasteiger partial charge on any atom is 0.241 e. The third-order valence-corrected chi connectivity index (χ3v) is 5.70. The van der Waals surface area contributed by atoms with Gasteiger partial charge in [-0.05, 0) is 64.6 Å². The molecule has 0 unspecified atom stereocenters. The second-order valence-corrected chi connectivity index (χ2v) is 7.50. The first kappa shape index (κ1) is 18.6. The number of aryl methyl sites for hydroxylation is 2. The average Bonchev–Trinajstić information content (AvgIpc) is 2.88. The lowest BCUT2D eigenvalue weighted by atomic mass is 9.89. The van der Waals surface area contributed by atoms with E-state index in [0.29, 0.717) is 5.92 Å². The first-order valence-electron chi connectivity index (χ1n) is 9.54. The molecule has 5 heteroatoms. The van der Waals surface area contributed by atoms with E-state index in [1.165, 1.54) is 5.56 Å². The van der Waals surface area contributed by atoms with Crippen molar-refractivity contribution in [2.75, 3.05) is 18.4 Å². The van der Waals surface area contributed by atoms with E-state index in [1.54, 1.807) is 0 Å². The zero-order valence-corrected chi connectivity index (χ0v) is 16.3. The van der Waals surface area contributed by atoms with Crippen molar-refractivity contribution in [3.63, 3.8) is 0 Å². The van der Waals surface area contributed by atoms with E-state index in [4.69, 9.17) is 0 Å². The van der Waals surface area contributed by atoms with Gasteiger partial charge in [0, 0.05) is 7.05 Å². The zero-order chi connectivity index (χ0) is 18.7. The van der Waals surface area contributed by atoms with Crippen molar-refractivity contribution in [3.8, 4) is 0 Å². The molecule has 140 valence electrons. The van der Waals surface area contributed by atoms with E-state index in [1.807, 2.05) is 32.5 Å². The maximum absolute atomic E-state index is 12.7. The first-order chi connectivity index (χ1) is 12.5. The highest BCUT2D eigenvalue weighted by Gasteiger charge is 2.27. The van der Waals surface area contributed by atoms with E-state index in [-0.39, 0.29) is 11.9 Å². The Morgan fingerprint density at radius 3 is 2.46 bits per heavy atom. The number of benzene rings is 1. The summed E-state index contributed by atoms with van der Waals surface area (Å²) in [7, 11) is 1.90. The molecular formula is C21H30N4O. The molecule has 3 rings (SSSR count). The first-order valence-corrected chi connectivity index (χ1v) is 9.54. The van der Waals surface area contributed by atoms with Crippen LogP contribution < -0.4 is 5.32 Å². The Labute approximate surface area is 156 Å². The molecule has 26 heavy (non-hydrogen) atoms. The van der Waals surface area contributed by atoms with Gasteiger partial charge in [0.2, 0.25) is 5.91 Å². The smallest absolute Gasteiger partial charge is 0.241 e. The van der Waals surface area contributed by atoms with Gasteiger partial charge in [-0.25, -0.2) is 0 Å². The quantitative estimate of drug-likeness (QED) is 0.896. The van der Waals surface area contributed by atoms with E-state index >= 15 is 0 Å². The third-order valence-electron chi connectivity index (χ3n) is 5.70. The lowest BCUT2D eigenvalue weighted by molar-refractivity contribution is -0.121. The molecule has 5 nitrogen and oxygen atoms in total. The lowest BCUT2D eigenvalue weighted by Gasteiger charge is -2.35. The van der Waals surface area contributed by atoms with Gasteiger partial charge in [-0.1, -0.05) is 30.3 Å². The van der Waals surface area contributed by atoms with Gasteiger partial charge in [0.25, 0.3) is 0 Å². The molecule has 1 N–H and O–H groups in total. The van der Waals surface area contributed by atoms with Crippen LogP contribution >= 0.6 is 0 Å². The van der Waals surface area contributed by atoms with E-state index < -0.39 is 0 Å². The molecule has 2 aromatic rings. The number of rotatable bonds is 5. The Bertz CT molecular complexity index is 745. The molecule has 0 saturated carbocycles. The number of carbonyl (C=O) groups is 1. The molecule has 0 spiro atoms. The Balaban J connectivity index is 1.53. The van der Waals surface area contributed by atoms with Crippen molar-refractivity contribution < 1.29 is 4.79 Å². The van der Waals surface area contributed by atoms with Crippen LogP contribution in [-0.2, 0) is 18.3 Å². The molecule has 1 aromatic carbocycles. The zero-order valence-electron chi connectivity index (χ0n) is 16.3. The Morgan fingerprint density at radius 1 is 1.23 bits per heavy atom. The fourth-order valence-corrected chi connectivity index (χ4v) is 3.84. The monoisotopic (exact) mass is 354 g/mol. The van der Waals surface area contributed by atoms with Gasteiger partial charge in [-0.2, -0.15) is 5.10 Å². The second-order valence-electron chi connectivity index (χ2n) is 7.50. The molecule has 1 amide bonds. The number of piperidine rings is 1. The number of nitrogens with one attached hydrogen (secondary N) is 1. The minimum Gasteiger partial charge on any atom is -0.322 e. The summed E-state index contributed by atoms with van der Waals surface area (Å²) in [6.07, 6.45) is 3.44. The van der Waals surface area contributed by atoms with Gasteiger partial charge in [0.15, 0.2) is 0 Å². The Hall–Kier alpha value is -2.14. The molecule has 1 aromatic heterocycles. The van der Waals surface area contributed by atoms with E-state index in [9.17, 15) is 4.79 Å². The number of likely N-dealkylation sites (tertiary alicyclic amines) is 1. The molecule has 0 bridgehead atoms. The fourth-order valence-electron chi connectivity index (χ4n) is 3.84. The largest absolute Gasteiger partial charge is 0.322 e. The molecule has 0 radical (unpaired) electrons. The summed E-state index contributed by atoms with van der Waals surface area (Å²) < 4.78 is 1.81. The van der Waals surface area contributed by atoms with Crippen LogP contribution in [0, 0.1) is 19.8 Å². The molecule has 1 aliphatic heterocycles. The summed E-state index contributed by atoms with van der Waals surface area (Å²) in [5.41, 5.74) is 4.12. The van der Waals surface area contributed by atoms with Gasteiger partial charge in [0.05, 0.1) is 23.1 Å². The third kappa shape index (κ3) is 4.15. The van der Waals surface area contributed by atoms with Crippen molar-refractivity contribution >= 4 is 11.6 Å². The summed E-state index contributed by atoms with van der Waals surface area (Å²) in [6.45, 7) is 7.89. The Kier molecular flexibility index (Phi) is 5.77. The van der Waals surface area contributed by atoms with Crippen molar-refractivity contribution in [1.82, 2.24) is 14.7 Å². The highest BCUT2D eigenvalue weighted by molar-refractivity contribution is 5.95. The fraction of sp³-hybridized carbons (Fsp3) is 0.524. The summed E-state index contributed by atoms with van der Waals surface area (Å²) in [4.78, 5) is 15.0. The normalized spacial score (nSPS) is 17.2. The van der Waals surface area contributed by atoms with Crippen LogP contribution in [0.4, 0.5) is 5.69 Å². The Morgan fingerprint density at radius 2 is 1.88 bits per heavy atom. The SMILES string of the molecule is Cc1nn(C)c(C)c1NC(=O)[C@@H](C)N1CCC(Cc2ccccc2)CC1. The van der Waals surface area contributed by atoms with Crippen LogP contribution in [0.5, 0.6) is 0 Å². The predicted octanol–water partition coefficient (Wildman–Crippen LogP) is 3.32. The van der Waals surface area contributed by atoms with Crippen molar-refractivity contribution in [1.29, 1.82) is 0 Å². The molecule has 2 heterocycles.